The summed E-state index contributed by atoms with van der Waals surface area (Å²) in [6.45, 7) is 3.90. The van der Waals surface area contributed by atoms with Crippen LogP contribution in [0.15, 0.2) is 47.1 Å². The number of fused-ring (bicyclic) bond motifs is 1. The van der Waals surface area contributed by atoms with Crippen molar-refractivity contribution in [3.8, 4) is 11.3 Å². The first kappa shape index (κ1) is 11.7. The zero-order valence-electron chi connectivity index (χ0n) is 10.8. The normalized spacial score (nSPS) is 11.3. The van der Waals surface area contributed by atoms with Gasteiger partial charge in [0, 0.05) is 16.6 Å². The summed E-state index contributed by atoms with van der Waals surface area (Å²) in [5.74, 6) is 0.0604. The molecule has 0 aliphatic heterocycles. The van der Waals surface area contributed by atoms with Gasteiger partial charge in [0.15, 0.2) is 0 Å². The van der Waals surface area contributed by atoms with E-state index < -0.39 is 0 Å². The largest absolute Gasteiger partial charge is 0.359 e. The number of rotatable bonds is 2. The fourth-order valence-electron chi connectivity index (χ4n) is 2.28. The lowest BCUT2D eigenvalue weighted by molar-refractivity contribution is -0.808. The smallest absolute Gasteiger partial charge is 0.251 e. The van der Waals surface area contributed by atoms with Crippen molar-refractivity contribution in [2.75, 3.05) is 0 Å². The van der Waals surface area contributed by atoms with Crippen LogP contribution in [0.5, 0.6) is 0 Å². The van der Waals surface area contributed by atoms with Gasteiger partial charge in [0.2, 0.25) is 5.69 Å². The van der Waals surface area contributed by atoms with Gasteiger partial charge in [0.1, 0.15) is 0 Å². The number of nitrogens with zero attached hydrogens (tertiary/aromatic N) is 2. The Labute approximate surface area is 110 Å². The molecule has 3 aromatic rings. The Bertz CT molecular complexity index is 732. The molecule has 0 unspecified atom stereocenters. The van der Waals surface area contributed by atoms with Crippen molar-refractivity contribution < 1.29 is 9.53 Å². The third kappa shape index (κ3) is 1.95. The van der Waals surface area contributed by atoms with Gasteiger partial charge in [-0.1, -0.05) is 44.2 Å². The molecule has 19 heavy (non-hydrogen) atoms. The molecule has 0 amide bonds. The molecule has 4 heteroatoms. The van der Waals surface area contributed by atoms with Gasteiger partial charge in [0.05, 0.1) is 0 Å². The highest BCUT2D eigenvalue weighted by Crippen LogP contribution is 2.27. The quantitative estimate of drug-likeness (QED) is 0.659. The van der Waals surface area contributed by atoms with Crippen molar-refractivity contribution in [2.45, 2.75) is 19.8 Å². The van der Waals surface area contributed by atoms with Crippen LogP contribution in [0.3, 0.4) is 0 Å². The Morgan fingerprint density at radius 2 is 1.84 bits per heavy atom. The predicted molar refractivity (Wildman–Crippen MR) is 72.5 cm³/mol. The molecule has 1 aromatic heterocycles. The minimum absolute atomic E-state index is 0.0604. The zero-order valence-corrected chi connectivity index (χ0v) is 10.8. The van der Waals surface area contributed by atoms with Gasteiger partial charge in [-0.3, -0.25) is 4.63 Å². The lowest BCUT2D eigenvalue weighted by atomic mass is 10.0. The van der Waals surface area contributed by atoms with Gasteiger partial charge < -0.3 is 5.21 Å². The second-order valence-corrected chi connectivity index (χ2v) is 4.88. The van der Waals surface area contributed by atoms with Crippen LogP contribution in [0.1, 0.15) is 25.5 Å². The van der Waals surface area contributed by atoms with E-state index in [2.05, 4.69) is 11.2 Å². The number of aromatic nitrogens is 2. The summed E-state index contributed by atoms with van der Waals surface area (Å²) in [4.78, 5) is 0.495. The van der Waals surface area contributed by atoms with Crippen LogP contribution in [0, 0.1) is 5.21 Å². The Morgan fingerprint density at radius 3 is 2.58 bits per heavy atom. The number of benzene rings is 2. The molecule has 0 fully saturated rings. The standard InChI is InChI=1S/C15H14N2O2/c1-10(2)15-14(16-19-17(15)18)13-8-7-11-5-3-4-6-12(11)9-13/h3-10H,1-2H3. The minimum Gasteiger partial charge on any atom is -0.359 e. The van der Waals surface area contributed by atoms with Crippen molar-refractivity contribution in [1.29, 1.82) is 0 Å². The van der Waals surface area contributed by atoms with Crippen LogP contribution in [-0.2, 0) is 0 Å². The summed E-state index contributed by atoms with van der Waals surface area (Å²) in [5.41, 5.74) is 2.09. The highest BCUT2D eigenvalue weighted by Gasteiger charge is 2.23. The molecule has 4 nitrogen and oxygen atoms in total. The van der Waals surface area contributed by atoms with E-state index in [0.29, 0.717) is 16.3 Å². The van der Waals surface area contributed by atoms with Crippen molar-refractivity contribution in [3.05, 3.63) is 53.4 Å². The van der Waals surface area contributed by atoms with Crippen molar-refractivity contribution in [2.24, 2.45) is 0 Å². The molecule has 0 aliphatic carbocycles. The van der Waals surface area contributed by atoms with Crippen LogP contribution in [-0.4, -0.2) is 5.16 Å². The van der Waals surface area contributed by atoms with Crippen molar-refractivity contribution in [3.63, 3.8) is 0 Å². The Morgan fingerprint density at radius 1 is 1.11 bits per heavy atom. The lowest BCUT2D eigenvalue weighted by Gasteiger charge is -2.03. The third-order valence-electron chi connectivity index (χ3n) is 3.22. The summed E-state index contributed by atoms with van der Waals surface area (Å²) in [6.07, 6.45) is 0. The molecule has 0 saturated heterocycles. The molecular formula is C15H14N2O2. The molecule has 0 saturated carbocycles. The maximum absolute atomic E-state index is 11.6. The van der Waals surface area contributed by atoms with Crippen LogP contribution in [0.25, 0.3) is 22.0 Å². The van der Waals surface area contributed by atoms with E-state index in [0.717, 1.165) is 16.3 Å². The molecule has 0 aliphatic rings. The van der Waals surface area contributed by atoms with E-state index in [-0.39, 0.29) is 5.92 Å². The number of hydrogen-bond acceptors (Lipinski definition) is 3. The molecule has 2 aromatic carbocycles. The lowest BCUT2D eigenvalue weighted by Crippen LogP contribution is -2.28. The van der Waals surface area contributed by atoms with Crippen LogP contribution in [0.2, 0.25) is 0 Å². The molecule has 0 atom stereocenters. The highest BCUT2D eigenvalue weighted by atomic mass is 16.8. The summed E-state index contributed by atoms with van der Waals surface area (Å²) in [5, 5.41) is 17.8. The maximum atomic E-state index is 11.6. The van der Waals surface area contributed by atoms with Gasteiger partial charge in [-0.25, -0.2) is 0 Å². The van der Waals surface area contributed by atoms with Crippen LogP contribution < -0.4 is 4.90 Å². The first-order valence-corrected chi connectivity index (χ1v) is 6.25. The van der Waals surface area contributed by atoms with Gasteiger partial charge in [-0.15, -0.1) is 0 Å². The summed E-state index contributed by atoms with van der Waals surface area (Å²) in [7, 11) is 0. The predicted octanol–water partition coefficient (Wildman–Crippen LogP) is 3.25. The first-order chi connectivity index (χ1) is 9.16. The van der Waals surface area contributed by atoms with E-state index in [1.54, 1.807) is 0 Å². The van der Waals surface area contributed by atoms with Crippen LogP contribution >= 0.6 is 0 Å². The Kier molecular flexibility index (Phi) is 2.71. The Hall–Kier alpha value is -2.36. The first-order valence-electron chi connectivity index (χ1n) is 6.25. The SMILES string of the molecule is CC(C)c1c(-c2ccc3ccccc3c2)no[n+]1[O-]. The zero-order chi connectivity index (χ0) is 13.4. The molecule has 96 valence electrons. The van der Waals surface area contributed by atoms with Gasteiger partial charge in [0.25, 0.3) is 5.69 Å². The second-order valence-electron chi connectivity index (χ2n) is 4.88. The second kappa shape index (κ2) is 4.39. The highest BCUT2D eigenvalue weighted by molar-refractivity contribution is 5.86. The molecule has 0 N–H and O–H groups in total. The van der Waals surface area contributed by atoms with Crippen LogP contribution in [0.4, 0.5) is 0 Å². The van der Waals surface area contributed by atoms with E-state index in [9.17, 15) is 5.21 Å². The van der Waals surface area contributed by atoms with Gasteiger partial charge >= 0.3 is 0 Å². The summed E-state index contributed by atoms with van der Waals surface area (Å²) >= 11 is 0. The monoisotopic (exact) mass is 254 g/mol. The molecule has 0 bridgehead atoms. The molecule has 1 heterocycles. The fraction of sp³-hybridized carbons (Fsp3) is 0.200. The van der Waals surface area contributed by atoms with Gasteiger partial charge in [-0.05, 0) is 27.8 Å². The van der Waals surface area contributed by atoms with E-state index in [4.69, 9.17) is 4.63 Å². The molecular weight excluding hydrogens is 240 g/mol. The molecule has 0 radical (unpaired) electrons. The average Bonchev–Trinajstić information content (AvgIpc) is 2.80. The van der Waals surface area contributed by atoms with E-state index in [1.165, 1.54) is 0 Å². The third-order valence-corrected chi connectivity index (χ3v) is 3.22. The average molecular weight is 254 g/mol. The summed E-state index contributed by atoms with van der Waals surface area (Å²) in [6, 6.07) is 14.1. The number of hydrogen-bond donors (Lipinski definition) is 0. The van der Waals surface area contributed by atoms with E-state index >= 15 is 0 Å². The Balaban J connectivity index is 2.19. The topological polar surface area (TPSA) is 53.0 Å². The van der Waals surface area contributed by atoms with Crippen molar-refractivity contribution in [1.82, 2.24) is 5.16 Å². The van der Waals surface area contributed by atoms with E-state index in [1.807, 2.05) is 50.2 Å². The fourth-order valence-corrected chi connectivity index (χ4v) is 2.28. The minimum atomic E-state index is 0.0604. The van der Waals surface area contributed by atoms with Gasteiger partial charge in [-0.2, -0.15) is 0 Å². The molecule has 0 spiro atoms. The van der Waals surface area contributed by atoms with Crippen molar-refractivity contribution >= 4 is 10.8 Å². The molecule has 3 rings (SSSR count). The summed E-state index contributed by atoms with van der Waals surface area (Å²) < 4.78 is 4.73. The maximum Gasteiger partial charge on any atom is 0.251 e.